The van der Waals surface area contributed by atoms with Crippen molar-refractivity contribution in [1.82, 2.24) is 14.9 Å². The first kappa shape index (κ1) is 24.9. The highest BCUT2D eigenvalue weighted by atomic mass is 35.5. The van der Waals surface area contributed by atoms with Crippen LogP contribution in [-0.2, 0) is 13.1 Å². The van der Waals surface area contributed by atoms with Crippen molar-refractivity contribution in [3.63, 3.8) is 0 Å². The Morgan fingerprint density at radius 2 is 2.03 bits per heavy atom. The lowest BCUT2D eigenvalue weighted by molar-refractivity contribution is 0.0959. The van der Waals surface area contributed by atoms with Crippen LogP contribution in [0.5, 0.6) is 5.75 Å². The molecule has 2 atom stereocenters. The van der Waals surface area contributed by atoms with Crippen molar-refractivity contribution in [3.05, 3.63) is 97.7 Å². The van der Waals surface area contributed by atoms with E-state index in [1.807, 2.05) is 53.1 Å². The van der Waals surface area contributed by atoms with E-state index in [4.69, 9.17) is 16.3 Å². The lowest BCUT2D eigenvalue weighted by Crippen LogP contribution is -2.46. The van der Waals surface area contributed by atoms with E-state index >= 15 is 0 Å². The fraction of sp³-hybridized carbons (Fsp3) is 0.276. The van der Waals surface area contributed by atoms with Crippen LogP contribution < -0.4 is 15.7 Å². The highest BCUT2D eigenvalue weighted by Crippen LogP contribution is 2.37. The lowest BCUT2D eigenvalue weighted by atomic mass is 9.83. The second-order valence-electron chi connectivity index (χ2n) is 9.90. The van der Waals surface area contributed by atoms with E-state index in [0.29, 0.717) is 21.7 Å². The van der Waals surface area contributed by atoms with Gasteiger partial charge < -0.3 is 9.30 Å². The normalized spacial score (nSPS) is 19.0. The number of hydrazone groups is 1. The smallest absolute Gasteiger partial charge is 0.283 e. The van der Waals surface area contributed by atoms with Crippen molar-refractivity contribution in [2.24, 2.45) is 11.0 Å². The number of carbonyl (C=O) groups is 1. The van der Waals surface area contributed by atoms with Gasteiger partial charge in [-0.1, -0.05) is 35.9 Å². The van der Waals surface area contributed by atoms with Crippen LogP contribution in [0.4, 0.5) is 0 Å². The van der Waals surface area contributed by atoms with Gasteiger partial charge in [0.05, 0.1) is 18.3 Å². The summed E-state index contributed by atoms with van der Waals surface area (Å²) in [5.74, 6) is 1.28. The molecule has 194 valence electrons. The summed E-state index contributed by atoms with van der Waals surface area (Å²) in [5, 5.41) is 5.50. The number of fused-ring (bicyclic) bond motifs is 5. The van der Waals surface area contributed by atoms with Crippen molar-refractivity contribution in [1.29, 1.82) is 0 Å². The number of methoxy groups -OCH3 is 1. The molecule has 0 aliphatic carbocycles. The molecule has 2 aliphatic heterocycles. The van der Waals surface area contributed by atoms with Crippen LogP contribution >= 0.6 is 22.9 Å². The number of pyridine rings is 1. The summed E-state index contributed by atoms with van der Waals surface area (Å²) < 4.78 is 8.57. The van der Waals surface area contributed by atoms with Gasteiger partial charge in [0.15, 0.2) is 0 Å². The van der Waals surface area contributed by atoms with Gasteiger partial charge in [-0.25, -0.2) is 5.43 Å². The molecule has 38 heavy (non-hydrogen) atoms. The summed E-state index contributed by atoms with van der Waals surface area (Å²) in [7, 11) is 1.68. The summed E-state index contributed by atoms with van der Waals surface area (Å²) in [6.45, 7) is 3.34. The van der Waals surface area contributed by atoms with E-state index in [0.717, 1.165) is 65.3 Å². The zero-order chi connectivity index (χ0) is 26.2. The molecular formula is C29H27ClN4O3S. The predicted molar refractivity (Wildman–Crippen MR) is 152 cm³/mol. The van der Waals surface area contributed by atoms with Gasteiger partial charge in [0.2, 0.25) is 0 Å². The average molecular weight is 547 g/mol. The molecule has 4 heterocycles. The second kappa shape index (κ2) is 10.4. The number of thiophene rings is 1. The summed E-state index contributed by atoms with van der Waals surface area (Å²) in [6.07, 6.45) is 2.75. The van der Waals surface area contributed by atoms with Gasteiger partial charge >= 0.3 is 0 Å². The number of likely N-dealkylation sites (tertiary alicyclic amines) is 1. The molecule has 0 spiro atoms. The van der Waals surface area contributed by atoms with Gasteiger partial charge in [0.25, 0.3) is 11.5 Å². The molecule has 0 radical (unpaired) electrons. The largest absolute Gasteiger partial charge is 0.496 e. The van der Waals surface area contributed by atoms with Crippen molar-refractivity contribution < 1.29 is 9.53 Å². The topological polar surface area (TPSA) is 75.9 Å². The number of hydrogen-bond donors (Lipinski definition) is 1. The van der Waals surface area contributed by atoms with Crippen LogP contribution in [0.3, 0.4) is 0 Å². The zero-order valence-electron chi connectivity index (χ0n) is 20.9. The second-order valence-corrected chi connectivity index (χ2v) is 11.3. The minimum Gasteiger partial charge on any atom is -0.496 e. The van der Waals surface area contributed by atoms with Crippen LogP contribution in [0.2, 0.25) is 5.02 Å². The van der Waals surface area contributed by atoms with Crippen LogP contribution in [0.1, 0.15) is 38.8 Å². The molecule has 4 aromatic rings. The Morgan fingerprint density at radius 1 is 1.16 bits per heavy atom. The van der Waals surface area contributed by atoms with Gasteiger partial charge in [-0.15, -0.1) is 11.3 Å². The number of nitrogens with one attached hydrogen (secondary N) is 1. The Bertz CT molecular complexity index is 1610. The number of carbonyl (C=O) groups excluding carboxylic acids is 1. The fourth-order valence-corrected chi connectivity index (χ4v) is 7.15. The molecular weight excluding hydrogens is 520 g/mol. The van der Waals surface area contributed by atoms with Gasteiger partial charge in [-0.3, -0.25) is 14.5 Å². The molecule has 2 aromatic heterocycles. The van der Waals surface area contributed by atoms with Gasteiger partial charge in [-0.05, 0) is 48.2 Å². The van der Waals surface area contributed by atoms with E-state index in [2.05, 4.69) is 21.5 Å². The molecule has 2 aromatic carbocycles. The highest BCUT2D eigenvalue weighted by Gasteiger charge is 2.34. The number of amides is 1. The minimum atomic E-state index is -0.333. The van der Waals surface area contributed by atoms with E-state index < -0.39 is 0 Å². The number of aromatic nitrogens is 1. The SMILES string of the molecule is COc1ccc(/C=N/NC(=O)c2sc3ccccc3c2Cl)cc1CN1C[C@@H]2C[C@@H](C1)c1cccc(=O)n1C2. The Kier molecular flexibility index (Phi) is 6.78. The minimum absolute atomic E-state index is 0.0982. The fourth-order valence-electron chi connectivity index (χ4n) is 5.74. The van der Waals surface area contributed by atoms with Gasteiger partial charge in [0.1, 0.15) is 10.6 Å². The highest BCUT2D eigenvalue weighted by molar-refractivity contribution is 7.21. The third-order valence-corrected chi connectivity index (χ3v) is 9.05. The number of nitrogens with zero attached hydrogens (tertiary/aromatic N) is 3. The summed E-state index contributed by atoms with van der Waals surface area (Å²) >= 11 is 7.78. The molecule has 1 saturated heterocycles. The molecule has 2 aliphatic rings. The molecule has 1 N–H and O–H groups in total. The Labute approximate surface area is 229 Å². The molecule has 9 heteroatoms. The van der Waals surface area contributed by atoms with Crippen molar-refractivity contribution in [3.8, 4) is 5.75 Å². The lowest BCUT2D eigenvalue weighted by Gasteiger charge is -2.42. The standard InChI is InChI=1S/C29H27ClN4O3S/c1-37-24-10-9-18(13-31-32-29(36)28-27(30)22-5-2-3-7-25(22)38-28)11-21(24)17-33-14-19-12-20(16-33)23-6-4-8-26(35)34(23)15-19/h2-11,13,19-20H,12,14-17H2,1H3,(H,32,36)/b31-13+/t19-,20-/m0/s1. The molecule has 7 nitrogen and oxygen atoms in total. The van der Waals surface area contributed by atoms with Crippen LogP contribution in [0, 0.1) is 5.92 Å². The number of piperidine rings is 1. The molecule has 6 rings (SSSR count). The monoisotopic (exact) mass is 546 g/mol. The number of rotatable bonds is 6. The Balaban J connectivity index is 1.16. The van der Waals surface area contributed by atoms with E-state index in [9.17, 15) is 9.59 Å². The van der Waals surface area contributed by atoms with Gasteiger partial charge in [-0.2, -0.15) is 5.10 Å². The van der Waals surface area contributed by atoms with E-state index in [-0.39, 0.29) is 11.5 Å². The average Bonchev–Trinajstić information content (AvgIpc) is 3.26. The third kappa shape index (κ3) is 4.75. The number of hydrogen-bond acceptors (Lipinski definition) is 6. The maximum absolute atomic E-state index is 12.7. The molecule has 2 bridgehead atoms. The maximum atomic E-state index is 12.7. The molecule has 1 amide bonds. The van der Waals surface area contributed by atoms with Crippen LogP contribution in [0.15, 0.2) is 70.6 Å². The molecule has 1 fully saturated rings. The van der Waals surface area contributed by atoms with Crippen molar-refractivity contribution in [2.75, 3.05) is 20.2 Å². The zero-order valence-corrected chi connectivity index (χ0v) is 22.5. The number of halogens is 1. The first-order chi connectivity index (χ1) is 18.5. The third-order valence-electron chi connectivity index (χ3n) is 7.37. The molecule has 0 unspecified atom stereocenters. The Hall–Kier alpha value is -3.46. The van der Waals surface area contributed by atoms with Crippen LogP contribution in [0.25, 0.3) is 10.1 Å². The van der Waals surface area contributed by atoms with Crippen LogP contribution in [-0.4, -0.2) is 41.8 Å². The summed E-state index contributed by atoms with van der Waals surface area (Å²) in [4.78, 5) is 27.9. The summed E-state index contributed by atoms with van der Waals surface area (Å²) in [6, 6.07) is 19.2. The van der Waals surface area contributed by atoms with E-state index in [1.165, 1.54) is 11.3 Å². The first-order valence-corrected chi connectivity index (χ1v) is 13.8. The first-order valence-electron chi connectivity index (χ1n) is 12.6. The van der Waals surface area contributed by atoms with E-state index in [1.54, 1.807) is 19.4 Å². The van der Waals surface area contributed by atoms with Crippen molar-refractivity contribution >= 4 is 45.1 Å². The van der Waals surface area contributed by atoms with Gasteiger partial charge in [0, 0.05) is 59.5 Å². The maximum Gasteiger partial charge on any atom is 0.283 e. The Morgan fingerprint density at radius 3 is 2.87 bits per heavy atom. The number of ether oxygens (including phenoxy) is 1. The summed E-state index contributed by atoms with van der Waals surface area (Å²) in [5.41, 5.74) is 5.76. The number of benzene rings is 2. The predicted octanol–water partition coefficient (Wildman–Crippen LogP) is 5.11. The quantitative estimate of drug-likeness (QED) is 0.269. The van der Waals surface area contributed by atoms with Crippen molar-refractivity contribution in [2.45, 2.75) is 25.4 Å². The molecule has 0 saturated carbocycles.